The molecule has 2 aliphatic carbocycles. The first kappa shape index (κ1) is 13.9. The number of nitrogens with one attached hydrogen (secondary N) is 1. The standard InChI is InChI=1S/C17H17FN2O/c1-17-9-11(10-19)15(8-12(17)2-7-16(17)21)20-14-5-3-13(18)4-6-14/h3-6,8,10-11,19H,2,7,9H2,1H3. The number of allylic oxidation sites excluding steroid dienone is 2. The summed E-state index contributed by atoms with van der Waals surface area (Å²) >= 11 is 0. The zero-order chi connectivity index (χ0) is 15.0. The maximum Gasteiger partial charge on any atom is 0.143 e. The predicted octanol–water partition coefficient (Wildman–Crippen LogP) is 3.86. The van der Waals surface area contributed by atoms with Crippen LogP contribution in [0.3, 0.4) is 0 Å². The van der Waals surface area contributed by atoms with Crippen LogP contribution in [0.15, 0.2) is 40.9 Å². The van der Waals surface area contributed by atoms with E-state index in [1.165, 1.54) is 18.3 Å². The summed E-state index contributed by atoms with van der Waals surface area (Å²) < 4.78 is 12.9. The summed E-state index contributed by atoms with van der Waals surface area (Å²) in [5, 5.41) is 7.62. The highest BCUT2D eigenvalue weighted by Crippen LogP contribution is 2.47. The van der Waals surface area contributed by atoms with Crippen molar-refractivity contribution < 1.29 is 9.18 Å². The largest absolute Gasteiger partial charge is 0.312 e. The first-order valence-electron chi connectivity index (χ1n) is 7.12. The Kier molecular flexibility index (Phi) is 3.32. The normalized spacial score (nSPS) is 30.2. The van der Waals surface area contributed by atoms with Crippen molar-refractivity contribution in [3.63, 3.8) is 0 Å². The van der Waals surface area contributed by atoms with Crippen molar-refractivity contribution in [3.05, 3.63) is 41.7 Å². The van der Waals surface area contributed by atoms with E-state index in [1.807, 2.05) is 13.0 Å². The van der Waals surface area contributed by atoms with Crippen LogP contribution in [-0.2, 0) is 4.79 Å². The predicted molar refractivity (Wildman–Crippen MR) is 80.8 cm³/mol. The lowest BCUT2D eigenvalue weighted by Crippen LogP contribution is -2.34. The minimum Gasteiger partial charge on any atom is -0.312 e. The molecule has 2 atom stereocenters. The fraction of sp³-hybridized carbons (Fsp3) is 0.353. The molecule has 3 nitrogen and oxygen atoms in total. The Labute approximate surface area is 123 Å². The van der Waals surface area contributed by atoms with Crippen LogP contribution in [0, 0.1) is 22.6 Å². The molecule has 0 amide bonds. The number of rotatable bonds is 2. The second-order valence-electron chi connectivity index (χ2n) is 5.92. The van der Waals surface area contributed by atoms with Crippen molar-refractivity contribution in [1.29, 1.82) is 5.41 Å². The maximum atomic E-state index is 12.9. The van der Waals surface area contributed by atoms with E-state index in [0.717, 1.165) is 17.7 Å². The van der Waals surface area contributed by atoms with Crippen LogP contribution in [0.1, 0.15) is 26.2 Å². The Balaban J connectivity index is 2.01. The lowest BCUT2D eigenvalue weighted by Gasteiger charge is -2.32. The minimum atomic E-state index is -0.427. The summed E-state index contributed by atoms with van der Waals surface area (Å²) in [6.45, 7) is 1.97. The third-order valence-corrected chi connectivity index (χ3v) is 4.56. The average molecular weight is 284 g/mol. The van der Waals surface area contributed by atoms with Gasteiger partial charge >= 0.3 is 0 Å². The highest BCUT2D eigenvalue weighted by Gasteiger charge is 2.46. The van der Waals surface area contributed by atoms with E-state index < -0.39 is 5.41 Å². The lowest BCUT2D eigenvalue weighted by atomic mass is 9.70. The number of halogens is 1. The molecule has 1 saturated carbocycles. The van der Waals surface area contributed by atoms with Gasteiger partial charge in [-0.05, 0) is 50.1 Å². The van der Waals surface area contributed by atoms with Crippen LogP contribution in [-0.4, -0.2) is 17.7 Å². The van der Waals surface area contributed by atoms with E-state index in [1.54, 1.807) is 12.1 Å². The maximum absolute atomic E-state index is 12.9. The van der Waals surface area contributed by atoms with E-state index in [9.17, 15) is 9.18 Å². The van der Waals surface area contributed by atoms with Crippen LogP contribution >= 0.6 is 0 Å². The number of Topliss-reactive ketones (excluding diaryl/α,β-unsaturated/α-hetero) is 1. The topological polar surface area (TPSA) is 53.3 Å². The monoisotopic (exact) mass is 284 g/mol. The molecule has 0 bridgehead atoms. The van der Waals surface area contributed by atoms with E-state index in [0.29, 0.717) is 18.5 Å². The van der Waals surface area contributed by atoms with Crippen molar-refractivity contribution in [2.24, 2.45) is 16.3 Å². The third-order valence-electron chi connectivity index (χ3n) is 4.56. The van der Waals surface area contributed by atoms with Crippen LogP contribution in [0.2, 0.25) is 0 Å². The summed E-state index contributed by atoms with van der Waals surface area (Å²) in [5.74, 6) is -0.189. The lowest BCUT2D eigenvalue weighted by molar-refractivity contribution is -0.124. The Bertz CT molecular complexity index is 660. The highest BCUT2D eigenvalue weighted by atomic mass is 19.1. The summed E-state index contributed by atoms with van der Waals surface area (Å²) in [7, 11) is 0. The fourth-order valence-corrected chi connectivity index (χ4v) is 3.21. The van der Waals surface area contributed by atoms with Gasteiger partial charge in [0.25, 0.3) is 0 Å². The smallest absolute Gasteiger partial charge is 0.143 e. The minimum absolute atomic E-state index is 0.161. The van der Waals surface area contributed by atoms with E-state index >= 15 is 0 Å². The molecule has 108 valence electrons. The number of nitrogens with zero attached hydrogens (tertiary/aromatic N) is 1. The molecule has 21 heavy (non-hydrogen) atoms. The van der Waals surface area contributed by atoms with Crippen molar-refractivity contribution in [1.82, 2.24) is 0 Å². The van der Waals surface area contributed by atoms with Crippen molar-refractivity contribution in [3.8, 4) is 0 Å². The van der Waals surface area contributed by atoms with Gasteiger partial charge in [0.05, 0.1) is 5.69 Å². The molecule has 0 saturated heterocycles. The molecule has 1 aromatic carbocycles. The van der Waals surface area contributed by atoms with Crippen LogP contribution < -0.4 is 0 Å². The molecule has 1 aromatic rings. The molecule has 0 heterocycles. The van der Waals surface area contributed by atoms with Gasteiger partial charge in [-0.3, -0.25) is 9.79 Å². The molecular weight excluding hydrogens is 267 g/mol. The average Bonchev–Trinajstić information content (AvgIpc) is 2.76. The molecule has 1 N–H and O–H groups in total. The molecule has 0 radical (unpaired) electrons. The van der Waals surface area contributed by atoms with E-state index in [-0.39, 0.29) is 17.5 Å². The second-order valence-corrected chi connectivity index (χ2v) is 5.92. The molecule has 2 aliphatic rings. The van der Waals surface area contributed by atoms with Gasteiger partial charge < -0.3 is 5.41 Å². The quantitative estimate of drug-likeness (QED) is 0.824. The zero-order valence-electron chi connectivity index (χ0n) is 11.9. The number of hydrogen-bond acceptors (Lipinski definition) is 3. The second kappa shape index (κ2) is 5.02. The fourth-order valence-electron chi connectivity index (χ4n) is 3.21. The third kappa shape index (κ3) is 2.35. The first-order chi connectivity index (χ1) is 10.0. The number of carbonyl (C=O) groups excluding carboxylic acids is 1. The van der Waals surface area contributed by atoms with Crippen molar-refractivity contribution in [2.45, 2.75) is 26.2 Å². The van der Waals surface area contributed by atoms with Gasteiger partial charge in [0.15, 0.2) is 0 Å². The number of carbonyl (C=O) groups is 1. The van der Waals surface area contributed by atoms with Crippen LogP contribution in [0.25, 0.3) is 0 Å². The number of benzene rings is 1. The number of ketones is 1. The van der Waals surface area contributed by atoms with Crippen molar-refractivity contribution in [2.75, 3.05) is 0 Å². The molecule has 0 aliphatic heterocycles. The van der Waals surface area contributed by atoms with Gasteiger partial charge in [0.1, 0.15) is 11.6 Å². The Morgan fingerprint density at radius 1 is 1.33 bits per heavy atom. The molecular formula is C17H17FN2O. The van der Waals surface area contributed by atoms with Gasteiger partial charge in [-0.25, -0.2) is 4.39 Å². The summed E-state index contributed by atoms with van der Waals surface area (Å²) in [4.78, 5) is 16.6. The Morgan fingerprint density at radius 3 is 2.71 bits per heavy atom. The van der Waals surface area contributed by atoms with Gasteiger partial charge in [0.2, 0.25) is 0 Å². The zero-order valence-corrected chi connectivity index (χ0v) is 11.9. The number of hydrogen-bond donors (Lipinski definition) is 1. The summed E-state index contributed by atoms with van der Waals surface area (Å²) in [6.07, 6.45) is 5.29. The molecule has 3 rings (SSSR count). The SMILES string of the molecule is CC12CC(C=N)C(=Nc3ccc(F)cc3)C=C1CCC2=O. The Hall–Kier alpha value is -2.10. The molecule has 0 spiro atoms. The van der Waals surface area contributed by atoms with Gasteiger partial charge in [-0.2, -0.15) is 0 Å². The number of fused-ring (bicyclic) bond motifs is 1. The van der Waals surface area contributed by atoms with Gasteiger partial charge in [0, 0.05) is 29.7 Å². The van der Waals surface area contributed by atoms with Gasteiger partial charge in [-0.1, -0.05) is 5.57 Å². The molecule has 2 unspecified atom stereocenters. The Morgan fingerprint density at radius 2 is 2.05 bits per heavy atom. The van der Waals surface area contributed by atoms with E-state index in [2.05, 4.69) is 4.99 Å². The highest BCUT2D eigenvalue weighted by molar-refractivity contribution is 6.10. The van der Waals surface area contributed by atoms with Crippen LogP contribution in [0.5, 0.6) is 0 Å². The number of aliphatic imine (C=N–C) groups is 1. The molecule has 0 aromatic heterocycles. The summed E-state index contributed by atoms with van der Waals surface area (Å²) in [5.41, 5.74) is 2.15. The first-order valence-corrected chi connectivity index (χ1v) is 7.12. The molecule has 4 heteroatoms. The van der Waals surface area contributed by atoms with Gasteiger partial charge in [-0.15, -0.1) is 0 Å². The van der Waals surface area contributed by atoms with E-state index in [4.69, 9.17) is 5.41 Å². The molecule has 1 fully saturated rings. The van der Waals surface area contributed by atoms with Crippen molar-refractivity contribution >= 4 is 23.4 Å². The summed E-state index contributed by atoms with van der Waals surface area (Å²) in [6, 6.07) is 5.99. The van der Waals surface area contributed by atoms with Crippen LogP contribution in [0.4, 0.5) is 10.1 Å².